The minimum atomic E-state index is -0.937. The molecular formula is C15H18ClN3O4. The normalized spacial score (nSPS) is 12.5. The number of aryl methyl sites for hydroxylation is 1. The summed E-state index contributed by atoms with van der Waals surface area (Å²) in [7, 11) is 1.71. The van der Waals surface area contributed by atoms with E-state index in [1.54, 1.807) is 18.5 Å². The first-order chi connectivity index (χ1) is 10.8. The van der Waals surface area contributed by atoms with Crippen LogP contribution in [0, 0.1) is 23.0 Å². The molecule has 1 aromatic carbocycles. The van der Waals surface area contributed by atoms with E-state index in [0.29, 0.717) is 22.3 Å². The molecule has 0 aliphatic carbocycles. The number of aromatic nitrogens is 1. The molecule has 0 radical (unpaired) electrons. The van der Waals surface area contributed by atoms with Crippen LogP contribution in [0.1, 0.15) is 17.7 Å². The molecule has 23 heavy (non-hydrogen) atoms. The molecule has 7 nitrogen and oxygen atoms in total. The van der Waals surface area contributed by atoms with Crippen LogP contribution in [-0.4, -0.2) is 27.1 Å². The van der Waals surface area contributed by atoms with Crippen molar-refractivity contribution in [1.29, 1.82) is 0 Å². The molecule has 0 saturated heterocycles. The van der Waals surface area contributed by atoms with Gasteiger partial charge in [-0.25, -0.2) is 0 Å². The fraction of sp³-hybridized carbons (Fsp3) is 0.400. The number of rotatable bonds is 6. The van der Waals surface area contributed by atoms with Crippen molar-refractivity contribution in [2.45, 2.75) is 19.8 Å². The molecule has 3 N–H and O–H groups in total. The lowest BCUT2D eigenvalue weighted by molar-refractivity contribution is -0.383. The first-order valence-corrected chi connectivity index (χ1v) is 7.51. The molecule has 0 bridgehead atoms. The van der Waals surface area contributed by atoms with Crippen molar-refractivity contribution in [2.24, 2.45) is 18.7 Å². The Morgan fingerprint density at radius 1 is 1.52 bits per heavy atom. The number of fused-ring (bicyclic) bond motifs is 1. The topological polar surface area (TPSA) is 111 Å². The van der Waals surface area contributed by atoms with Gasteiger partial charge in [0.1, 0.15) is 5.52 Å². The number of hydrogen-bond donors (Lipinski definition) is 2. The first kappa shape index (κ1) is 17.2. The number of hydrogen-bond acceptors (Lipinski definition) is 4. The second-order valence-corrected chi connectivity index (χ2v) is 5.89. The lowest BCUT2D eigenvalue weighted by Crippen LogP contribution is -2.20. The minimum Gasteiger partial charge on any atom is -0.481 e. The van der Waals surface area contributed by atoms with Crippen LogP contribution in [0.2, 0.25) is 5.02 Å². The maximum Gasteiger partial charge on any atom is 0.306 e. The van der Waals surface area contributed by atoms with Gasteiger partial charge in [0.2, 0.25) is 0 Å². The summed E-state index contributed by atoms with van der Waals surface area (Å²) in [4.78, 5) is 22.2. The average Bonchev–Trinajstić information content (AvgIpc) is 2.73. The van der Waals surface area contributed by atoms with E-state index in [2.05, 4.69) is 0 Å². The summed E-state index contributed by atoms with van der Waals surface area (Å²) in [6, 6.07) is 2.84. The fourth-order valence-electron chi connectivity index (χ4n) is 2.89. The molecule has 0 saturated carbocycles. The summed E-state index contributed by atoms with van der Waals surface area (Å²) < 4.78 is 1.69. The highest BCUT2D eigenvalue weighted by Crippen LogP contribution is 2.38. The van der Waals surface area contributed by atoms with E-state index in [4.69, 9.17) is 17.3 Å². The zero-order chi connectivity index (χ0) is 17.3. The number of carboxylic acids is 1. The highest BCUT2D eigenvalue weighted by molar-refractivity contribution is 6.36. The maximum atomic E-state index is 11.4. The third-order valence-corrected chi connectivity index (χ3v) is 4.51. The zero-order valence-corrected chi connectivity index (χ0v) is 13.6. The van der Waals surface area contributed by atoms with Gasteiger partial charge in [0.15, 0.2) is 0 Å². The molecule has 0 aliphatic rings. The Morgan fingerprint density at radius 2 is 2.17 bits per heavy atom. The Hall–Kier alpha value is -2.12. The van der Waals surface area contributed by atoms with Crippen molar-refractivity contribution in [1.82, 2.24) is 4.57 Å². The quantitative estimate of drug-likeness (QED) is 0.620. The molecule has 0 aliphatic heterocycles. The smallest absolute Gasteiger partial charge is 0.306 e. The number of nitro groups is 1. The predicted molar refractivity (Wildman–Crippen MR) is 87.8 cm³/mol. The number of carboxylic acid groups (broad SMARTS) is 1. The van der Waals surface area contributed by atoms with Gasteiger partial charge >= 0.3 is 5.97 Å². The molecular weight excluding hydrogens is 322 g/mol. The van der Waals surface area contributed by atoms with Gasteiger partial charge in [0.05, 0.1) is 15.9 Å². The Balaban J connectivity index is 2.70. The third-order valence-electron chi connectivity index (χ3n) is 4.19. The van der Waals surface area contributed by atoms with Crippen molar-refractivity contribution in [3.8, 4) is 0 Å². The number of nitro benzene ring substituents is 1. The monoisotopic (exact) mass is 339 g/mol. The molecule has 1 unspecified atom stereocenters. The minimum absolute atomic E-state index is 0.0491. The first-order valence-electron chi connectivity index (χ1n) is 7.13. The van der Waals surface area contributed by atoms with E-state index in [0.717, 1.165) is 11.3 Å². The highest BCUT2D eigenvalue weighted by Gasteiger charge is 2.26. The van der Waals surface area contributed by atoms with Gasteiger partial charge in [-0.1, -0.05) is 11.6 Å². The highest BCUT2D eigenvalue weighted by atomic mass is 35.5. The second kappa shape index (κ2) is 6.55. The Bertz CT molecular complexity index is 785. The average molecular weight is 340 g/mol. The molecule has 2 rings (SSSR count). The van der Waals surface area contributed by atoms with E-state index in [1.807, 2.05) is 0 Å². The summed E-state index contributed by atoms with van der Waals surface area (Å²) in [5.74, 6) is -1.59. The summed E-state index contributed by atoms with van der Waals surface area (Å²) in [5, 5.41) is 21.5. The van der Waals surface area contributed by atoms with E-state index in [-0.39, 0.29) is 18.7 Å². The van der Waals surface area contributed by atoms with Crippen LogP contribution >= 0.6 is 11.6 Å². The van der Waals surface area contributed by atoms with Gasteiger partial charge in [0.25, 0.3) is 5.69 Å². The van der Waals surface area contributed by atoms with Crippen LogP contribution in [0.15, 0.2) is 12.1 Å². The summed E-state index contributed by atoms with van der Waals surface area (Å²) in [5.41, 5.74) is 7.33. The summed E-state index contributed by atoms with van der Waals surface area (Å²) in [6.45, 7) is 2.06. The molecule has 1 atom stereocenters. The predicted octanol–water partition coefficient (Wildman–Crippen LogP) is 2.64. The number of nitrogens with two attached hydrogens (primary N) is 1. The van der Waals surface area contributed by atoms with Gasteiger partial charge < -0.3 is 15.4 Å². The largest absolute Gasteiger partial charge is 0.481 e. The van der Waals surface area contributed by atoms with Crippen molar-refractivity contribution < 1.29 is 14.8 Å². The third kappa shape index (κ3) is 3.02. The molecule has 0 spiro atoms. The van der Waals surface area contributed by atoms with E-state index < -0.39 is 16.8 Å². The van der Waals surface area contributed by atoms with Crippen LogP contribution in [0.25, 0.3) is 10.9 Å². The fourth-order valence-corrected chi connectivity index (χ4v) is 3.16. The van der Waals surface area contributed by atoms with Crippen molar-refractivity contribution >= 4 is 34.2 Å². The van der Waals surface area contributed by atoms with Crippen LogP contribution in [-0.2, 0) is 18.3 Å². The number of halogens is 1. The number of nitrogens with zero attached hydrogens (tertiary/aromatic N) is 2. The molecule has 8 heteroatoms. The number of carbonyl (C=O) groups is 1. The van der Waals surface area contributed by atoms with Gasteiger partial charge in [0, 0.05) is 24.2 Å². The molecule has 1 aromatic heterocycles. The van der Waals surface area contributed by atoms with Crippen molar-refractivity contribution in [3.63, 3.8) is 0 Å². The number of aliphatic carboxylic acids is 1. The number of non-ortho nitro benzene ring substituents is 1. The molecule has 2 aromatic rings. The lowest BCUT2D eigenvalue weighted by atomic mass is 9.94. The molecule has 1 heterocycles. The zero-order valence-electron chi connectivity index (χ0n) is 12.9. The van der Waals surface area contributed by atoms with Gasteiger partial charge in [-0.15, -0.1) is 0 Å². The summed E-state index contributed by atoms with van der Waals surface area (Å²) in [6.07, 6.45) is 0.564. The SMILES string of the molecule is Cc1c(CC(CCN)C(=O)O)c2c(Cl)ccc([N+](=O)[O-])c2n1C. The van der Waals surface area contributed by atoms with Gasteiger partial charge in [-0.3, -0.25) is 14.9 Å². The Kier molecular flexibility index (Phi) is 4.91. The van der Waals surface area contributed by atoms with Crippen molar-refractivity contribution in [2.75, 3.05) is 6.54 Å². The lowest BCUT2D eigenvalue weighted by Gasteiger charge is -2.12. The maximum absolute atomic E-state index is 11.4. The van der Waals surface area contributed by atoms with Gasteiger partial charge in [-0.05, 0) is 37.9 Å². The van der Waals surface area contributed by atoms with Crippen molar-refractivity contribution in [3.05, 3.63) is 38.5 Å². The Labute approximate surface area is 137 Å². The van der Waals surface area contributed by atoms with E-state index in [1.165, 1.54) is 12.1 Å². The molecule has 0 amide bonds. The van der Waals surface area contributed by atoms with Gasteiger partial charge in [-0.2, -0.15) is 0 Å². The van der Waals surface area contributed by atoms with Crippen LogP contribution in [0.5, 0.6) is 0 Å². The van der Waals surface area contributed by atoms with Crippen LogP contribution in [0.3, 0.4) is 0 Å². The van der Waals surface area contributed by atoms with E-state index >= 15 is 0 Å². The number of benzene rings is 1. The summed E-state index contributed by atoms with van der Waals surface area (Å²) >= 11 is 6.26. The Morgan fingerprint density at radius 3 is 2.70 bits per heavy atom. The molecule has 0 fully saturated rings. The van der Waals surface area contributed by atoms with Crippen LogP contribution in [0.4, 0.5) is 5.69 Å². The van der Waals surface area contributed by atoms with Crippen LogP contribution < -0.4 is 5.73 Å². The standard InChI is InChI=1S/C15H18ClN3O4/c1-8-10(7-9(5-6-17)15(20)21)13-11(16)3-4-12(19(22)23)14(13)18(8)2/h3-4,9H,5-7,17H2,1-2H3,(H,20,21). The second-order valence-electron chi connectivity index (χ2n) is 5.49. The van der Waals surface area contributed by atoms with E-state index in [9.17, 15) is 20.0 Å². The molecule has 124 valence electrons.